The van der Waals surface area contributed by atoms with Crippen LogP contribution in [-0.4, -0.2) is 22.5 Å². The molecule has 5 nitrogen and oxygen atoms in total. The van der Waals surface area contributed by atoms with Crippen LogP contribution in [0.1, 0.15) is 39.4 Å². The molecular formula is C13H17NO4. The third-order valence-corrected chi connectivity index (χ3v) is 1.89. The van der Waals surface area contributed by atoms with Crippen LogP contribution in [0.4, 0.5) is 0 Å². The molecule has 0 saturated carbocycles. The lowest BCUT2D eigenvalue weighted by atomic mass is 10.1. The van der Waals surface area contributed by atoms with Crippen LogP contribution in [0.2, 0.25) is 0 Å². The van der Waals surface area contributed by atoms with E-state index in [1.165, 1.54) is 13.1 Å². The SMILES string of the molecule is CC(=O)OC(C(=O)OC(C)(C)C)c1cccnc1. The van der Waals surface area contributed by atoms with Gasteiger partial charge in [0.2, 0.25) is 6.10 Å². The number of carbonyl (C=O) groups is 2. The monoisotopic (exact) mass is 251 g/mol. The summed E-state index contributed by atoms with van der Waals surface area (Å²) in [6.45, 7) is 6.49. The maximum atomic E-state index is 12.0. The summed E-state index contributed by atoms with van der Waals surface area (Å²) < 4.78 is 10.2. The molecule has 0 aliphatic carbocycles. The van der Waals surface area contributed by atoms with E-state index in [1.54, 1.807) is 39.1 Å². The highest BCUT2D eigenvalue weighted by Crippen LogP contribution is 2.21. The fourth-order valence-corrected chi connectivity index (χ4v) is 1.30. The van der Waals surface area contributed by atoms with Crippen LogP contribution in [0.3, 0.4) is 0 Å². The predicted octanol–water partition coefficient (Wildman–Crippen LogP) is 2.03. The highest BCUT2D eigenvalue weighted by atomic mass is 16.6. The maximum absolute atomic E-state index is 12.0. The van der Waals surface area contributed by atoms with Crippen LogP contribution in [0, 0.1) is 0 Å². The van der Waals surface area contributed by atoms with Gasteiger partial charge in [0.05, 0.1) is 0 Å². The Hall–Kier alpha value is -1.91. The number of nitrogens with zero attached hydrogens (tertiary/aromatic N) is 1. The van der Waals surface area contributed by atoms with Crippen molar-refractivity contribution in [2.75, 3.05) is 0 Å². The van der Waals surface area contributed by atoms with Crippen molar-refractivity contribution < 1.29 is 19.1 Å². The minimum Gasteiger partial charge on any atom is -0.457 e. The summed E-state index contributed by atoms with van der Waals surface area (Å²) in [7, 11) is 0. The number of carbonyl (C=O) groups excluding carboxylic acids is 2. The van der Waals surface area contributed by atoms with Gasteiger partial charge in [-0.05, 0) is 26.8 Å². The number of pyridine rings is 1. The predicted molar refractivity (Wildman–Crippen MR) is 64.6 cm³/mol. The molecule has 1 atom stereocenters. The molecule has 1 unspecified atom stereocenters. The Balaban J connectivity index is 2.92. The molecule has 18 heavy (non-hydrogen) atoms. The molecule has 0 fully saturated rings. The molecule has 0 bridgehead atoms. The van der Waals surface area contributed by atoms with Crippen LogP contribution < -0.4 is 0 Å². The fourth-order valence-electron chi connectivity index (χ4n) is 1.30. The van der Waals surface area contributed by atoms with Crippen molar-refractivity contribution in [3.63, 3.8) is 0 Å². The van der Waals surface area contributed by atoms with Crippen LogP contribution in [0.15, 0.2) is 24.5 Å². The quantitative estimate of drug-likeness (QED) is 0.769. The normalized spacial score (nSPS) is 12.7. The number of esters is 2. The number of hydrogen-bond donors (Lipinski definition) is 0. The lowest BCUT2D eigenvalue weighted by Gasteiger charge is -2.23. The summed E-state index contributed by atoms with van der Waals surface area (Å²) >= 11 is 0. The number of aromatic nitrogens is 1. The van der Waals surface area contributed by atoms with E-state index in [9.17, 15) is 9.59 Å². The Morgan fingerprint density at radius 2 is 2.00 bits per heavy atom. The van der Waals surface area contributed by atoms with Gasteiger partial charge in [-0.2, -0.15) is 0 Å². The lowest BCUT2D eigenvalue weighted by Crippen LogP contribution is -2.29. The molecule has 0 aliphatic heterocycles. The van der Waals surface area contributed by atoms with E-state index in [0.29, 0.717) is 5.56 Å². The second kappa shape index (κ2) is 5.62. The van der Waals surface area contributed by atoms with Gasteiger partial charge in [0.25, 0.3) is 0 Å². The first-order chi connectivity index (χ1) is 8.29. The molecule has 0 radical (unpaired) electrons. The van der Waals surface area contributed by atoms with E-state index >= 15 is 0 Å². The molecule has 1 heterocycles. The fraction of sp³-hybridized carbons (Fsp3) is 0.462. The van der Waals surface area contributed by atoms with Gasteiger partial charge in [0.1, 0.15) is 5.60 Å². The topological polar surface area (TPSA) is 65.5 Å². The van der Waals surface area contributed by atoms with Crippen molar-refractivity contribution in [2.45, 2.75) is 39.4 Å². The third kappa shape index (κ3) is 4.53. The third-order valence-electron chi connectivity index (χ3n) is 1.89. The average molecular weight is 251 g/mol. The first-order valence-corrected chi connectivity index (χ1v) is 5.59. The zero-order valence-corrected chi connectivity index (χ0v) is 11.0. The van der Waals surface area contributed by atoms with E-state index in [1.807, 2.05) is 0 Å². The minimum absolute atomic E-state index is 0.488. The second-order valence-corrected chi connectivity index (χ2v) is 4.81. The molecule has 1 rings (SSSR count). The number of hydrogen-bond acceptors (Lipinski definition) is 5. The molecule has 0 spiro atoms. The molecule has 0 saturated heterocycles. The molecule has 98 valence electrons. The van der Waals surface area contributed by atoms with Crippen LogP contribution in [0.5, 0.6) is 0 Å². The average Bonchev–Trinajstić information content (AvgIpc) is 2.24. The van der Waals surface area contributed by atoms with E-state index < -0.39 is 23.6 Å². The maximum Gasteiger partial charge on any atom is 0.352 e. The summed E-state index contributed by atoms with van der Waals surface area (Å²) in [4.78, 5) is 26.9. The molecule has 5 heteroatoms. The Bertz CT molecular complexity index is 422. The van der Waals surface area contributed by atoms with E-state index in [2.05, 4.69) is 4.98 Å². The van der Waals surface area contributed by atoms with Gasteiger partial charge in [-0.15, -0.1) is 0 Å². The van der Waals surface area contributed by atoms with Crippen LogP contribution in [-0.2, 0) is 19.1 Å². The van der Waals surface area contributed by atoms with Gasteiger partial charge in [0.15, 0.2) is 0 Å². The highest BCUT2D eigenvalue weighted by Gasteiger charge is 2.29. The van der Waals surface area contributed by atoms with Gasteiger partial charge in [-0.3, -0.25) is 9.78 Å². The van der Waals surface area contributed by atoms with Gasteiger partial charge in [0, 0.05) is 24.9 Å². The van der Waals surface area contributed by atoms with E-state index in [-0.39, 0.29) is 0 Å². The molecule has 0 aliphatic rings. The van der Waals surface area contributed by atoms with Gasteiger partial charge < -0.3 is 9.47 Å². The van der Waals surface area contributed by atoms with Crippen molar-refractivity contribution in [3.8, 4) is 0 Å². The van der Waals surface area contributed by atoms with Crippen LogP contribution >= 0.6 is 0 Å². The second-order valence-electron chi connectivity index (χ2n) is 4.81. The highest BCUT2D eigenvalue weighted by molar-refractivity contribution is 5.80. The first kappa shape index (κ1) is 14.2. The summed E-state index contributed by atoms with van der Waals surface area (Å²) in [5.41, 5.74) is -0.153. The number of rotatable bonds is 3. The summed E-state index contributed by atoms with van der Waals surface area (Å²) in [6.07, 6.45) is 1.97. The van der Waals surface area contributed by atoms with Crippen molar-refractivity contribution in [1.82, 2.24) is 4.98 Å². The Labute approximate surface area is 106 Å². The van der Waals surface area contributed by atoms with Crippen molar-refractivity contribution in [1.29, 1.82) is 0 Å². The summed E-state index contributed by atoms with van der Waals surface area (Å²) in [6, 6.07) is 3.32. The Morgan fingerprint density at radius 3 is 2.44 bits per heavy atom. The summed E-state index contributed by atoms with van der Waals surface area (Å²) in [5, 5.41) is 0. The molecule has 1 aromatic heterocycles. The zero-order chi connectivity index (χ0) is 13.8. The lowest BCUT2D eigenvalue weighted by molar-refractivity contribution is -0.175. The van der Waals surface area contributed by atoms with E-state index in [4.69, 9.17) is 9.47 Å². The van der Waals surface area contributed by atoms with Gasteiger partial charge >= 0.3 is 11.9 Å². The van der Waals surface area contributed by atoms with Crippen LogP contribution in [0.25, 0.3) is 0 Å². The van der Waals surface area contributed by atoms with Gasteiger partial charge in [-0.1, -0.05) is 6.07 Å². The molecular weight excluding hydrogens is 234 g/mol. The standard InChI is InChI=1S/C13H17NO4/c1-9(15)17-11(10-6-5-7-14-8-10)12(16)18-13(2,3)4/h5-8,11H,1-4H3. The number of ether oxygens (including phenoxy) is 2. The zero-order valence-electron chi connectivity index (χ0n) is 11.0. The first-order valence-electron chi connectivity index (χ1n) is 5.59. The smallest absolute Gasteiger partial charge is 0.352 e. The molecule has 0 aromatic carbocycles. The van der Waals surface area contributed by atoms with Crippen molar-refractivity contribution in [3.05, 3.63) is 30.1 Å². The Kier molecular flexibility index (Phi) is 4.42. The molecule has 0 N–H and O–H groups in total. The molecule has 0 amide bonds. The minimum atomic E-state index is -1.07. The van der Waals surface area contributed by atoms with Gasteiger partial charge in [-0.25, -0.2) is 4.79 Å². The van der Waals surface area contributed by atoms with Crippen molar-refractivity contribution in [2.24, 2.45) is 0 Å². The summed E-state index contributed by atoms with van der Waals surface area (Å²) in [5.74, 6) is -1.15. The molecule has 1 aromatic rings. The largest absolute Gasteiger partial charge is 0.457 e. The van der Waals surface area contributed by atoms with E-state index in [0.717, 1.165) is 0 Å². The Morgan fingerprint density at radius 1 is 1.33 bits per heavy atom. The van der Waals surface area contributed by atoms with Crippen molar-refractivity contribution >= 4 is 11.9 Å².